The predicted octanol–water partition coefficient (Wildman–Crippen LogP) is 1.52. The Morgan fingerprint density at radius 3 is 3.00 bits per heavy atom. The molecule has 1 aromatic heterocycles. The first-order valence-electron chi connectivity index (χ1n) is 5.52. The number of methoxy groups -OCH3 is 1. The highest BCUT2D eigenvalue weighted by Crippen LogP contribution is 2.20. The first-order valence-corrected chi connectivity index (χ1v) is 5.52. The number of carbonyl (C=O) groups excluding carboxylic acids is 1. The maximum atomic E-state index is 11.3. The van der Waals surface area contributed by atoms with E-state index in [-0.39, 0.29) is 5.97 Å². The van der Waals surface area contributed by atoms with Crippen molar-refractivity contribution in [2.24, 2.45) is 5.73 Å². The summed E-state index contributed by atoms with van der Waals surface area (Å²) >= 11 is 0. The Balaban J connectivity index is 2.30. The van der Waals surface area contributed by atoms with Crippen LogP contribution in [0.15, 0.2) is 24.4 Å². The Morgan fingerprint density at radius 1 is 1.53 bits per heavy atom. The molecule has 2 aromatic rings. The second kappa shape index (κ2) is 4.59. The average molecular weight is 232 g/mol. The van der Waals surface area contributed by atoms with Gasteiger partial charge < -0.3 is 15.5 Å². The quantitative estimate of drug-likeness (QED) is 0.788. The molecule has 4 heteroatoms. The molecule has 0 aliphatic carbocycles. The van der Waals surface area contributed by atoms with Gasteiger partial charge >= 0.3 is 5.97 Å². The molecule has 0 unspecified atom stereocenters. The molecule has 17 heavy (non-hydrogen) atoms. The number of aromatic nitrogens is 1. The third-order valence-corrected chi connectivity index (χ3v) is 2.87. The Hall–Kier alpha value is -1.81. The number of benzene rings is 1. The van der Waals surface area contributed by atoms with Crippen molar-refractivity contribution in [3.05, 3.63) is 35.5 Å². The molecule has 0 saturated carbocycles. The number of hydrogen-bond donors (Lipinski definition) is 2. The summed E-state index contributed by atoms with van der Waals surface area (Å²) in [4.78, 5) is 14.5. The van der Waals surface area contributed by atoms with Gasteiger partial charge in [-0.25, -0.2) is 0 Å². The topological polar surface area (TPSA) is 68.1 Å². The number of ether oxygens (including phenoxy) is 1. The number of carbonyl (C=O) groups is 1. The fourth-order valence-electron chi connectivity index (χ4n) is 1.93. The van der Waals surface area contributed by atoms with Crippen molar-refractivity contribution in [3.8, 4) is 0 Å². The van der Waals surface area contributed by atoms with Gasteiger partial charge in [-0.2, -0.15) is 0 Å². The van der Waals surface area contributed by atoms with Crippen molar-refractivity contribution in [3.63, 3.8) is 0 Å². The third-order valence-electron chi connectivity index (χ3n) is 2.87. The molecule has 2 rings (SSSR count). The minimum Gasteiger partial charge on any atom is -0.468 e. The van der Waals surface area contributed by atoms with Crippen LogP contribution in [0.1, 0.15) is 11.1 Å². The normalized spacial score (nSPS) is 12.6. The molecule has 3 N–H and O–H groups in total. The third kappa shape index (κ3) is 2.31. The smallest absolute Gasteiger partial charge is 0.322 e. The van der Waals surface area contributed by atoms with Gasteiger partial charge in [-0.3, -0.25) is 4.79 Å². The van der Waals surface area contributed by atoms with Gasteiger partial charge in [-0.05, 0) is 24.6 Å². The maximum absolute atomic E-state index is 11.3. The van der Waals surface area contributed by atoms with Crippen molar-refractivity contribution < 1.29 is 9.53 Å². The zero-order valence-electron chi connectivity index (χ0n) is 9.99. The minimum atomic E-state index is -0.612. The van der Waals surface area contributed by atoms with E-state index >= 15 is 0 Å². The molecule has 0 fully saturated rings. The molecule has 1 heterocycles. The van der Waals surface area contributed by atoms with E-state index in [0.717, 1.165) is 16.5 Å². The Labute approximate surface area is 99.8 Å². The van der Waals surface area contributed by atoms with Crippen molar-refractivity contribution in [1.82, 2.24) is 4.98 Å². The Kier molecular flexibility index (Phi) is 3.15. The van der Waals surface area contributed by atoms with Gasteiger partial charge in [0.15, 0.2) is 0 Å². The van der Waals surface area contributed by atoms with Crippen LogP contribution in [-0.2, 0) is 16.0 Å². The summed E-state index contributed by atoms with van der Waals surface area (Å²) in [6.07, 6.45) is 2.38. The number of rotatable bonds is 3. The van der Waals surface area contributed by atoms with E-state index in [2.05, 4.69) is 15.8 Å². The molecule has 1 aromatic carbocycles. The average Bonchev–Trinajstić information content (AvgIpc) is 2.71. The lowest BCUT2D eigenvalue weighted by molar-refractivity contribution is -0.142. The zero-order valence-corrected chi connectivity index (χ0v) is 9.99. The second-order valence-electron chi connectivity index (χ2n) is 4.20. The Bertz CT molecular complexity index is 545. The molecule has 0 aliphatic rings. The van der Waals surface area contributed by atoms with Gasteiger partial charge in [0, 0.05) is 23.5 Å². The molecule has 0 amide bonds. The van der Waals surface area contributed by atoms with Gasteiger partial charge in [0.1, 0.15) is 6.04 Å². The van der Waals surface area contributed by atoms with Gasteiger partial charge in [-0.15, -0.1) is 0 Å². The number of nitrogens with two attached hydrogens (primary N) is 1. The summed E-state index contributed by atoms with van der Waals surface area (Å²) in [7, 11) is 1.35. The SMILES string of the molecule is COC(=O)[C@@H](N)Cc1c[nH]c2ccc(C)cc12. The first kappa shape index (κ1) is 11.7. The van der Waals surface area contributed by atoms with E-state index in [4.69, 9.17) is 5.73 Å². The number of esters is 1. The fourth-order valence-corrected chi connectivity index (χ4v) is 1.93. The number of aryl methyl sites for hydroxylation is 1. The van der Waals surface area contributed by atoms with E-state index in [1.54, 1.807) is 0 Å². The molecule has 0 saturated heterocycles. The molecule has 1 atom stereocenters. The van der Waals surface area contributed by atoms with Gasteiger partial charge in [-0.1, -0.05) is 11.6 Å². The van der Waals surface area contributed by atoms with Crippen molar-refractivity contribution >= 4 is 16.9 Å². The van der Waals surface area contributed by atoms with Crippen LogP contribution in [0.4, 0.5) is 0 Å². The van der Waals surface area contributed by atoms with Crippen LogP contribution in [0.5, 0.6) is 0 Å². The summed E-state index contributed by atoms with van der Waals surface area (Å²) in [6.45, 7) is 2.04. The van der Waals surface area contributed by atoms with Gasteiger partial charge in [0.25, 0.3) is 0 Å². The summed E-state index contributed by atoms with van der Waals surface area (Å²) in [6, 6.07) is 5.55. The molecule has 0 bridgehead atoms. The maximum Gasteiger partial charge on any atom is 0.322 e. The molecule has 90 valence electrons. The monoisotopic (exact) mass is 232 g/mol. The summed E-state index contributed by atoms with van der Waals surface area (Å²) in [5.41, 5.74) is 9.05. The van der Waals surface area contributed by atoms with Crippen LogP contribution in [0.3, 0.4) is 0 Å². The van der Waals surface area contributed by atoms with Crippen LogP contribution in [0, 0.1) is 6.92 Å². The fraction of sp³-hybridized carbons (Fsp3) is 0.308. The van der Waals surface area contributed by atoms with Gasteiger partial charge in [0.2, 0.25) is 0 Å². The predicted molar refractivity (Wildman–Crippen MR) is 66.7 cm³/mol. The number of fused-ring (bicyclic) bond motifs is 1. The van der Waals surface area contributed by atoms with Crippen LogP contribution < -0.4 is 5.73 Å². The molecule has 0 aliphatic heterocycles. The number of nitrogens with one attached hydrogen (secondary N) is 1. The van der Waals surface area contributed by atoms with Crippen LogP contribution in [0.25, 0.3) is 10.9 Å². The lowest BCUT2D eigenvalue weighted by Crippen LogP contribution is -2.33. The molecule has 0 radical (unpaired) electrons. The molecule has 4 nitrogen and oxygen atoms in total. The van der Waals surface area contributed by atoms with Gasteiger partial charge in [0.05, 0.1) is 7.11 Å². The van der Waals surface area contributed by atoms with Crippen LogP contribution >= 0.6 is 0 Å². The van der Waals surface area contributed by atoms with Crippen molar-refractivity contribution in [2.45, 2.75) is 19.4 Å². The van der Waals surface area contributed by atoms with Crippen LogP contribution in [0.2, 0.25) is 0 Å². The second-order valence-corrected chi connectivity index (χ2v) is 4.20. The van der Waals surface area contributed by atoms with E-state index in [9.17, 15) is 4.79 Å². The lowest BCUT2D eigenvalue weighted by atomic mass is 10.0. The summed E-state index contributed by atoms with van der Waals surface area (Å²) in [5.74, 6) is -0.382. The van der Waals surface area contributed by atoms with E-state index < -0.39 is 6.04 Å². The highest BCUT2D eigenvalue weighted by Gasteiger charge is 2.16. The zero-order chi connectivity index (χ0) is 12.4. The van der Waals surface area contributed by atoms with E-state index in [1.807, 2.05) is 25.3 Å². The number of hydrogen-bond acceptors (Lipinski definition) is 3. The minimum absolute atomic E-state index is 0.382. The highest BCUT2D eigenvalue weighted by atomic mass is 16.5. The Morgan fingerprint density at radius 2 is 2.29 bits per heavy atom. The summed E-state index contributed by atoms with van der Waals surface area (Å²) in [5, 5.41) is 1.12. The largest absolute Gasteiger partial charge is 0.468 e. The molecular weight excluding hydrogens is 216 g/mol. The molecular formula is C13H16N2O2. The number of aromatic amines is 1. The summed E-state index contributed by atoms with van der Waals surface area (Å²) < 4.78 is 4.62. The number of H-pyrrole nitrogens is 1. The highest BCUT2D eigenvalue weighted by molar-refractivity contribution is 5.85. The first-order chi connectivity index (χ1) is 8.11. The van der Waals surface area contributed by atoms with Crippen LogP contribution in [-0.4, -0.2) is 24.1 Å². The standard InChI is InChI=1S/C13H16N2O2/c1-8-3-4-12-10(5-8)9(7-15-12)6-11(14)13(16)17-2/h3-5,7,11,15H,6,14H2,1-2H3/t11-/m0/s1. The molecule has 0 spiro atoms. The van der Waals surface area contributed by atoms with E-state index in [0.29, 0.717) is 6.42 Å². The van der Waals surface area contributed by atoms with Crippen molar-refractivity contribution in [1.29, 1.82) is 0 Å². The lowest BCUT2D eigenvalue weighted by Gasteiger charge is -2.08. The van der Waals surface area contributed by atoms with E-state index in [1.165, 1.54) is 12.7 Å². The van der Waals surface area contributed by atoms with Crippen molar-refractivity contribution in [2.75, 3.05) is 7.11 Å².